The number of nitrogens with zero attached hydrogens (tertiary/aromatic N) is 1. The molecule has 2 aliphatic rings. The second kappa shape index (κ2) is 4.23. The van der Waals surface area contributed by atoms with Gasteiger partial charge >= 0.3 is 0 Å². The van der Waals surface area contributed by atoms with E-state index < -0.39 is 0 Å². The van der Waals surface area contributed by atoms with Gasteiger partial charge in [-0.05, 0) is 38.1 Å². The molecule has 2 nitrogen and oxygen atoms in total. The highest BCUT2D eigenvalue weighted by molar-refractivity contribution is 5.52. The molecule has 0 amide bonds. The van der Waals surface area contributed by atoms with Gasteiger partial charge in [0.15, 0.2) is 0 Å². The summed E-state index contributed by atoms with van der Waals surface area (Å²) in [5.74, 6) is 0.905. The van der Waals surface area contributed by atoms with Gasteiger partial charge in [0.25, 0.3) is 0 Å². The van der Waals surface area contributed by atoms with Gasteiger partial charge in [0.2, 0.25) is 0 Å². The lowest BCUT2D eigenvalue weighted by Crippen LogP contribution is -2.47. The Morgan fingerprint density at radius 3 is 2.77 bits per heavy atom. The van der Waals surface area contributed by atoms with Gasteiger partial charge in [-0.2, -0.15) is 0 Å². The molecule has 74 valence electrons. The maximum atomic E-state index is 10.5. The fraction of sp³-hybridized carbons (Fsp3) is 0.909. The van der Waals surface area contributed by atoms with Crippen molar-refractivity contribution in [1.82, 2.24) is 4.90 Å². The predicted octanol–water partition coefficient (Wildman–Crippen LogP) is 1.84. The Bertz CT molecular complexity index is 179. The van der Waals surface area contributed by atoms with Crippen molar-refractivity contribution in [3.8, 4) is 0 Å². The Kier molecular flexibility index (Phi) is 2.99. The number of likely N-dealkylation sites (tertiary alicyclic amines) is 1. The zero-order valence-electron chi connectivity index (χ0n) is 8.24. The molecule has 1 saturated heterocycles. The van der Waals surface area contributed by atoms with Crippen LogP contribution in [0.15, 0.2) is 0 Å². The van der Waals surface area contributed by atoms with E-state index in [1.807, 2.05) is 0 Å². The molecule has 1 heterocycles. The molecule has 2 heteroatoms. The third-order valence-electron chi connectivity index (χ3n) is 3.67. The van der Waals surface area contributed by atoms with Crippen LogP contribution in [0, 0.1) is 5.92 Å². The summed E-state index contributed by atoms with van der Waals surface area (Å²) in [5, 5.41) is 0. The summed E-state index contributed by atoms with van der Waals surface area (Å²) in [6.45, 7) is 1.82. The van der Waals surface area contributed by atoms with Crippen LogP contribution in [0.4, 0.5) is 0 Å². The van der Waals surface area contributed by atoms with Gasteiger partial charge in [0, 0.05) is 6.04 Å². The van der Waals surface area contributed by atoms with Crippen molar-refractivity contribution in [3.63, 3.8) is 0 Å². The summed E-state index contributed by atoms with van der Waals surface area (Å²) in [7, 11) is 0. The SMILES string of the molecule is O=CCN1CCC[C@H]2CCCC[C@H]21. The highest BCUT2D eigenvalue weighted by Crippen LogP contribution is 2.34. The van der Waals surface area contributed by atoms with E-state index in [0.717, 1.165) is 24.8 Å². The molecule has 2 atom stereocenters. The van der Waals surface area contributed by atoms with Crippen molar-refractivity contribution in [2.45, 2.75) is 44.6 Å². The van der Waals surface area contributed by atoms with Crippen LogP contribution in [0.2, 0.25) is 0 Å². The van der Waals surface area contributed by atoms with Gasteiger partial charge in [-0.25, -0.2) is 0 Å². The van der Waals surface area contributed by atoms with E-state index in [1.54, 1.807) is 0 Å². The minimum atomic E-state index is 0.668. The zero-order valence-corrected chi connectivity index (χ0v) is 8.24. The van der Waals surface area contributed by atoms with Crippen LogP contribution in [-0.4, -0.2) is 30.3 Å². The van der Waals surface area contributed by atoms with Crippen molar-refractivity contribution in [2.75, 3.05) is 13.1 Å². The van der Waals surface area contributed by atoms with E-state index in [9.17, 15) is 4.79 Å². The van der Waals surface area contributed by atoms with Crippen LogP contribution >= 0.6 is 0 Å². The first-order chi connectivity index (χ1) is 6.42. The Balaban J connectivity index is 1.98. The van der Waals surface area contributed by atoms with E-state index in [4.69, 9.17) is 0 Å². The number of rotatable bonds is 2. The molecule has 0 spiro atoms. The summed E-state index contributed by atoms with van der Waals surface area (Å²) in [6, 6.07) is 0.743. The Morgan fingerprint density at radius 1 is 1.15 bits per heavy atom. The van der Waals surface area contributed by atoms with Crippen LogP contribution < -0.4 is 0 Å². The van der Waals surface area contributed by atoms with Gasteiger partial charge in [-0.15, -0.1) is 0 Å². The van der Waals surface area contributed by atoms with Gasteiger partial charge in [-0.1, -0.05) is 12.8 Å². The van der Waals surface area contributed by atoms with Gasteiger partial charge in [0.05, 0.1) is 6.54 Å². The zero-order chi connectivity index (χ0) is 9.10. The van der Waals surface area contributed by atoms with E-state index >= 15 is 0 Å². The molecular weight excluding hydrogens is 162 g/mol. The van der Waals surface area contributed by atoms with E-state index in [-0.39, 0.29) is 0 Å². The highest BCUT2D eigenvalue weighted by Gasteiger charge is 2.32. The smallest absolute Gasteiger partial charge is 0.133 e. The molecule has 13 heavy (non-hydrogen) atoms. The molecule has 0 N–H and O–H groups in total. The van der Waals surface area contributed by atoms with Gasteiger partial charge < -0.3 is 4.79 Å². The Hall–Kier alpha value is -0.370. The molecule has 1 saturated carbocycles. The highest BCUT2D eigenvalue weighted by atomic mass is 16.1. The predicted molar refractivity (Wildman–Crippen MR) is 52.6 cm³/mol. The number of fused-ring (bicyclic) bond motifs is 1. The van der Waals surface area contributed by atoms with Crippen molar-refractivity contribution >= 4 is 6.29 Å². The molecule has 1 aliphatic carbocycles. The Labute approximate surface area is 80.3 Å². The fourth-order valence-electron chi connectivity index (χ4n) is 3.05. The van der Waals surface area contributed by atoms with Crippen molar-refractivity contribution in [2.24, 2.45) is 5.92 Å². The number of hydrogen-bond donors (Lipinski definition) is 0. The van der Waals surface area contributed by atoms with E-state index in [0.29, 0.717) is 6.54 Å². The summed E-state index contributed by atoms with van der Waals surface area (Å²) in [6.07, 6.45) is 9.29. The lowest BCUT2D eigenvalue weighted by atomic mass is 9.78. The summed E-state index contributed by atoms with van der Waals surface area (Å²) < 4.78 is 0. The topological polar surface area (TPSA) is 20.3 Å². The van der Waals surface area contributed by atoms with Crippen LogP contribution in [0.5, 0.6) is 0 Å². The molecule has 0 radical (unpaired) electrons. The number of aldehydes is 1. The van der Waals surface area contributed by atoms with Crippen molar-refractivity contribution in [3.05, 3.63) is 0 Å². The van der Waals surface area contributed by atoms with Crippen LogP contribution in [0.1, 0.15) is 38.5 Å². The summed E-state index contributed by atoms with van der Waals surface area (Å²) in [4.78, 5) is 12.9. The minimum absolute atomic E-state index is 0.668. The molecular formula is C11H19NO. The van der Waals surface area contributed by atoms with Crippen molar-refractivity contribution in [1.29, 1.82) is 0 Å². The molecule has 2 fully saturated rings. The number of carbonyl (C=O) groups is 1. The van der Waals surface area contributed by atoms with Crippen LogP contribution in [0.25, 0.3) is 0 Å². The third kappa shape index (κ3) is 1.93. The largest absolute Gasteiger partial charge is 0.302 e. The van der Waals surface area contributed by atoms with Crippen molar-refractivity contribution < 1.29 is 4.79 Å². The van der Waals surface area contributed by atoms with Crippen LogP contribution in [0.3, 0.4) is 0 Å². The average Bonchev–Trinajstić information content (AvgIpc) is 2.19. The number of carbonyl (C=O) groups excluding carboxylic acids is 1. The third-order valence-corrected chi connectivity index (χ3v) is 3.67. The molecule has 1 aliphatic heterocycles. The molecule has 0 aromatic carbocycles. The number of hydrogen-bond acceptors (Lipinski definition) is 2. The van der Waals surface area contributed by atoms with Crippen LogP contribution in [-0.2, 0) is 4.79 Å². The molecule has 0 unspecified atom stereocenters. The first-order valence-electron chi connectivity index (χ1n) is 5.59. The van der Waals surface area contributed by atoms with E-state index in [1.165, 1.54) is 38.5 Å². The monoisotopic (exact) mass is 181 g/mol. The lowest BCUT2D eigenvalue weighted by Gasteiger charge is -2.43. The normalized spacial score (nSPS) is 35.4. The molecule has 0 bridgehead atoms. The maximum absolute atomic E-state index is 10.5. The van der Waals surface area contributed by atoms with E-state index in [2.05, 4.69) is 4.90 Å². The van der Waals surface area contributed by atoms with Gasteiger partial charge in [0.1, 0.15) is 6.29 Å². The minimum Gasteiger partial charge on any atom is -0.302 e. The summed E-state index contributed by atoms with van der Waals surface area (Å²) >= 11 is 0. The second-order valence-electron chi connectivity index (χ2n) is 4.42. The second-order valence-corrected chi connectivity index (χ2v) is 4.42. The lowest BCUT2D eigenvalue weighted by molar-refractivity contribution is -0.110. The summed E-state index contributed by atoms with van der Waals surface area (Å²) in [5.41, 5.74) is 0. The molecule has 2 rings (SSSR count). The fourth-order valence-corrected chi connectivity index (χ4v) is 3.05. The number of piperidine rings is 1. The Morgan fingerprint density at radius 2 is 1.92 bits per heavy atom. The average molecular weight is 181 g/mol. The van der Waals surface area contributed by atoms with Gasteiger partial charge in [-0.3, -0.25) is 4.90 Å². The molecule has 0 aromatic heterocycles. The first-order valence-corrected chi connectivity index (χ1v) is 5.59. The maximum Gasteiger partial charge on any atom is 0.133 e. The molecule has 0 aromatic rings. The standard InChI is InChI=1S/C11H19NO/c13-9-8-12-7-3-5-10-4-1-2-6-11(10)12/h9-11H,1-8H2/t10-,11-/m1/s1. The quantitative estimate of drug-likeness (QED) is 0.606. The first kappa shape index (κ1) is 9.20.